The van der Waals surface area contributed by atoms with Crippen molar-refractivity contribution in [3.63, 3.8) is 0 Å². The monoisotopic (exact) mass is 497 g/mol. The van der Waals surface area contributed by atoms with Gasteiger partial charge in [0.05, 0.1) is 47.4 Å². The molecule has 0 aliphatic rings. The molecular weight excluding hydrogens is 479 g/mol. The van der Waals surface area contributed by atoms with E-state index in [0.717, 1.165) is 12.3 Å². The lowest BCUT2D eigenvalue weighted by Gasteiger charge is -2.28. The standard InChI is InChI=1S/C23H18F3N7OS/c1-13(21-29-6-7-35-21)32(11-16-4-3-15(9-30-16)23(24,25)26)22(34)14-2-5-17-18(8-14)33-12-28-10-19(33)20(27)31-17/h2-10,12-13H,11H2,1H3,(H2,27,31)/t13-/m1/s1. The molecule has 5 aromatic rings. The molecule has 1 atom stereocenters. The topological polar surface area (TPSA) is 102 Å². The SMILES string of the molecule is C[C@H](c1nccs1)N(Cc1ccc(C(F)(F)F)cn1)C(=O)c1ccc2nc(N)c3cncn3c2c1. The fourth-order valence-electron chi connectivity index (χ4n) is 3.79. The Morgan fingerprint density at radius 2 is 2.00 bits per heavy atom. The van der Waals surface area contributed by atoms with Crippen LogP contribution in [0, 0.1) is 0 Å². The molecule has 35 heavy (non-hydrogen) atoms. The van der Waals surface area contributed by atoms with Gasteiger partial charge in [0, 0.05) is 23.3 Å². The Bertz CT molecular complexity index is 1510. The van der Waals surface area contributed by atoms with Crippen molar-refractivity contribution < 1.29 is 18.0 Å². The Balaban J connectivity index is 1.54. The minimum Gasteiger partial charge on any atom is -0.382 e. The van der Waals surface area contributed by atoms with Crippen LogP contribution in [0.5, 0.6) is 0 Å². The zero-order valence-corrected chi connectivity index (χ0v) is 19.1. The van der Waals surface area contributed by atoms with Gasteiger partial charge < -0.3 is 10.6 Å². The molecule has 0 bridgehead atoms. The van der Waals surface area contributed by atoms with Gasteiger partial charge in [0.2, 0.25) is 0 Å². The largest absolute Gasteiger partial charge is 0.417 e. The second-order valence-corrected chi connectivity index (χ2v) is 8.79. The number of carbonyl (C=O) groups is 1. The van der Waals surface area contributed by atoms with Crippen LogP contribution in [0.3, 0.4) is 0 Å². The number of anilines is 1. The molecule has 1 amide bonds. The van der Waals surface area contributed by atoms with E-state index in [0.29, 0.717) is 38.6 Å². The van der Waals surface area contributed by atoms with Crippen molar-refractivity contribution in [2.24, 2.45) is 0 Å². The van der Waals surface area contributed by atoms with E-state index in [1.54, 1.807) is 46.7 Å². The molecule has 0 saturated heterocycles. The normalized spacial score (nSPS) is 12.8. The highest BCUT2D eigenvalue weighted by Gasteiger charge is 2.31. The fourth-order valence-corrected chi connectivity index (χ4v) is 4.50. The number of carbonyl (C=O) groups excluding carboxylic acids is 1. The zero-order chi connectivity index (χ0) is 24.7. The first-order chi connectivity index (χ1) is 16.7. The van der Waals surface area contributed by atoms with E-state index >= 15 is 0 Å². The quantitative estimate of drug-likeness (QED) is 0.376. The number of fused-ring (bicyclic) bond motifs is 3. The molecule has 8 nitrogen and oxygen atoms in total. The van der Waals surface area contributed by atoms with Crippen LogP contribution in [0.4, 0.5) is 19.0 Å². The average Bonchev–Trinajstić information content (AvgIpc) is 3.54. The van der Waals surface area contributed by atoms with Gasteiger partial charge in [0.15, 0.2) is 0 Å². The van der Waals surface area contributed by atoms with Gasteiger partial charge in [0.25, 0.3) is 5.91 Å². The third kappa shape index (κ3) is 4.28. The zero-order valence-electron chi connectivity index (χ0n) is 18.3. The van der Waals surface area contributed by atoms with E-state index in [2.05, 4.69) is 19.9 Å². The summed E-state index contributed by atoms with van der Waals surface area (Å²) < 4.78 is 40.6. The summed E-state index contributed by atoms with van der Waals surface area (Å²) in [6.07, 6.45) is 1.09. The summed E-state index contributed by atoms with van der Waals surface area (Å²) in [5.74, 6) is -0.0112. The number of pyridine rings is 1. The van der Waals surface area contributed by atoms with Gasteiger partial charge in [-0.1, -0.05) is 0 Å². The first-order valence-corrected chi connectivity index (χ1v) is 11.3. The predicted octanol–water partition coefficient (Wildman–Crippen LogP) is 4.74. The van der Waals surface area contributed by atoms with Gasteiger partial charge in [-0.15, -0.1) is 11.3 Å². The summed E-state index contributed by atoms with van der Waals surface area (Å²) in [7, 11) is 0. The lowest BCUT2D eigenvalue weighted by Crippen LogP contribution is -2.33. The van der Waals surface area contributed by atoms with Crippen LogP contribution in [0.25, 0.3) is 16.6 Å². The Labute approximate surface area is 200 Å². The molecule has 0 saturated carbocycles. The lowest BCUT2D eigenvalue weighted by atomic mass is 10.1. The molecule has 4 aromatic heterocycles. The van der Waals surface area contributed by atoms with Crippen molar-refractivity contribution in [3.05, 3.63) is 82.5 Å². The van der Waals surface area contributed by atoms with Gasteiger partial charge in [-0.25, -0.2) is 15.0 Å². The van der Waals surface area contributed by atoms with Crippen LogP contribution >= 0.6 is 11.3 Å². The van der Waals surface area contributed by atoms with E-state index in [1.165, 1.54) is 22.3 Å². The highest BCUT2D eigenvalue weighted by atomic mass is 32.1. The van der Waals surface area contributed by atoms with Crippen LogP contribution < -0.4 is 5.73 Å². The van der Waals surface area contributed by atoms with Crippen molar-refractivity contribution in [2.75, 3.05) is 5.73 Å². The smallest absolute Gasteiger partial charge is 0.382 e. The maximum Gasteiger partial charge on any atom is 0.417 e. The number of benzene rings is 1. The lowest BCUT2D eigenvalue weighted by molar-refractivity contribution is -0.137. The number of hydrogen-bond donors (Lipinski definition) is 1. The number of hydrogen-bond acceptors (Lipinski definition) is 7. The Hall–Kier alpha value is -4.06. The van der Waals surface area contributed by atoms with Gasteiger partial charge in [0.1, 0.15) is 16.3 Å². The van der Waals surface area contributed by atoms with Gasteiger partial charge in [-0.05, 0) is 37.3 Å². The summed E-state index contributed by atoms with van der Waals surface area (Å²) in [6.45, 7) is 1.81. The van der Waals surface area contributed by atoms with Gasteiger partial charge in [-0.2, -0.15) is 13.2 Å². The number of alkyl halides is 3. The first kappa shape index (κ1) is 22.7. The van der Waals surface area contributed by atoms with Crippen molar-refractivity contribution in [1.29, 1.82) is 0 Å². The molecule has 5 rings (SSSR count). The number of aromatic nitrogens is 5. The van der Waals surface area contributed by atoms with Crippen LogP contribution in [0.2, 0.25) is 0 Å². The molecule has 4 heterocycles. The third-order valence-electron chi connectivity index (χ3n) is 5.65. The first-order valence-electron chi connectivity index (χ1n) is 10.5. The van der Waals surface area contributed by atoms with E-state index < -0.39 is 17.8 Å². The molecule has 0 spiro atoms. The molecule has 0 aliphatic heterocycles. The highest BCUT2D eigenvalue weighted by molar-refractivity contribution is 7.09. The summed E-state index contributed by atoms with van der Waals surface area (Å²) in [5, 5.41) is 2.49. The van der Waals surface area contributed by atoms with Crippen molar-refractivity contribution in [2.45, 2.75) is 25.7 Å². The number of thiazole rings is 1. The fraction of sp³-hybridized carbons (Fsp3) is 0.174. The Morgan fingerprint density at radius 3 is 2.69 bits per heavy atom. The number of imidazole rings is 1. The average molecular weight is 498 g/mol. The molecule has 0 fully saturated rings. The second kappa shape index (κ2) is 8.62. The minimum absolute atomic E-state index is 0.00374. The van der Waals surface area contributed by atoms with Crippen LogP contribution in [-0.2, 0) is 12.7 Å². The van der Waals surface area contributed by atoms with E-state index in [9.17, 15) is 18.0 Å². The van der Waals surface area contributed by atoms with E-state index in [-0.39, 0.29) is 12.5 Å². The molecule has 1 aromatic carbocycles. The van der Waals surface area contributed by atoms with Crippen molar-refractivity contribution in [3.8, 4) is 0 Å². The number of nitrogens with zero attached hydrogens (tertiary/aromatic N) is 6. The second-order valence-electron chi connectivity index (χ2n) is 7.86. The summed E-state index contributed by atoms with van der Waals surface area (Å²) >= 11 is 1.39. The van der Waals surface area contributed by atoms with Crippen LogP contribution in [-0.4, -0.2) is 35.1 Å². The van der Waals surface area contributed by atoms with E-state index in [4.69, 9.17) is 5.73 Å². The molecule has 0 unspecified atom stereocenters. The Kier molecular flexibility index (Phi) is 5.59. The summed E-state index contributed by atoms with van der Waals surface area (Å²) in [4.78, 5) is 32.0. The Morgan fingerprint density at radius 1 is 1.17 bits per heavy atom. The highest BCUT2D eigenvalue weighted by Crippen LogP contribution is 2.30. The number of rotatable bonds is 5. The maximum absolute atomic E-state index is 13.7. The summed E-state index contributed by atoms with van der Waals surface area (Å²) in [6, 6.07) is 6.82. The molecule has 12 heteroatoms. The van der Waals surface area contributed by atoms with Gasteiger partial charge >= 0.3 is 6.18 Å². The number of amides is 1. The van der Waals surface area contributed by atoms with Crippen LogP contribution in [0.15, 0.2) is 60.6 Å². The molecule has 178 valence electrons. The number of nitrogen functional groups attached to an aromatic ring is 1. The third-order valence-corrected chi connectivity index (χ3v) is 6.59. The molecule has 2 N–H and O–H groups in total. The molecule has 0 radical (unpaired) electrons. The van der Waals surface area contributed by atoms with E-state index in [1.807, 2.05) is 6.92 Å². The maximum atomic E-state index is 13.7. The number of halogens is 3. The number of nitrogens with two attached hydrogens (primary N) is 1. The summed E-state index contributed by atoms with van der Waals surface area (Å²) in [5.41, 5.74) is 7.69. The molecular formula is C23H18F3N7OS. The van der Waals surface area contributed by atoms with Gasteiger partial charge in [-0.3, -0.25) is 14.2 Å². The van der Waals surface area contributed by atoms with Crippen molar-refractivity contribution in [1.82, 2.24) is 29.2 Å². The molecule has 0 aliphatic carbocycles. The minimum atomic E-state index is -4.49. The van der Waals surface area contributed by atoms with Crippen LogP contribution in [0.1, 0.15) is 39.6 Å². The van der Waals surface area contributed by atoms with Crippen molar-refractivity contribution >= 4 is 39.6 Å². The predicted molar refractivity (Wildman–Crippen MR) is 125 cm³/mol.